The third-order valence-corrected chi connectivity index (χ3v) is 2.69. The first kappa shape index (κ1) is 13.4. The van der Waals surface area contributed by atoms with Crippen molar-refractivity contribution in [2.75, 3.05) is 13.2 Å². The SMILES string of the molecule is C=COCCOCc1nccn1Cc1ccccc1. The summed E-state index contributed by atoms with van der Waals surface area (Å²) < 4.78 is 12.6. The highest BCUT2D eigenvalue weighted by atomic mass is 16.5. The second kappa shape index (κ2) is 7.38. The molecular formula is C15H18N2O2. The zero-order chi connectivity index (χ0) is 13.3. The van der Waals surface area contributed by atoms with Gasteiger partial charge in [-0.1, -0.05) is 36.9 Å². The highest BCUT2D eigenvalue weighted by molar-refractivity contribution is 5.15. The van der Waals surface area contributed by atoms with E-state index < -0.39 is 0 Å². The first-order valence-corrected chi connectivity index (χ1v) is 6.24. The van der Waals surface area contributed by atoms with Gasteiger partial charge in [-0.2, -0.15) is 0 Å². The summed E-state index contributed by atoms with van der Waals surface area (Å²) >= 11 is 0. The summed E-state index contributed by atoms with van der Waals surface area (Å²) in [5.41, 5.74) is 1.25. The van der Waals surface area contributed by atoms with E-state index >= 15 is 0 Å². The number of aromatic nitrogens is 2. The number of rotatable bonds is 8. The van der Waals surface area contributed by atoms with Gasteiger partial charge in [-0.05, 0) is 5.56 Å². The maximum atomic E-state index is 5.50. The molecule has 0 atom stereocenters. The summed E-state index contributed by atoms with van der Waals surface area (Å²) in [6.45, 7) is 5.82. The molecule has 1 aromatic carbocycles. The first-order chi connectivity index (χ1) is 9.40. The molecule has 0 amide bonds. The molecule has 0 spiro atoms. The van der Waals surface area contributed by atoms with E-state index in [1.165, 1.54) is 11.8 Å². The number of imidazole rings is 1. The van der Waals surface area contributed by atoms with Crippen LogP contribution in [0.25, 0.3) is 0 Å². The second-order valence-corrected chi connectivity index (χ2v) is 4.05. The summed E-state index contributed by atoms with van der Waals surface area (Å²) in [5, 5.41) is 0. The largest absolute Gasteiger partial charge is 0.499 e. The fourth-order valence-corrected chi connectivity index (χ4v) is 1.76. The van der Waals surface area contributed by atoms with Crippen LogP contribution in [-0.4, -0.2) is 22.8 Å². The first-order valence-electron chi connectivity index (χ1n) is 6.24. The molecule has 2 rings (SSSR count). The van der Waals surface area contributed by atoms with Gasteiger partial charge in [0.15, 0.2) is 0 Å². The van der Waals surface area contributed by atoms with Crippen molar-refractivity contribution in [3.8, 4) is 0 Å². The molecular weight excluding hydrogens is 240 g/mol. The molecule has 0 aliphatic rings. The molecule has 0 saturated carbocycles. The van der Waals surface area contributed by atoms with Crippen LogP contribution in [0.3, 0.4) is 0 Å². The summed E-state index contributed by atoms with van der Waals surface area (Å²) in [7, 11) is 0. The number of nitrogens with zero attached hydrogens (tertiary/aromatic N) is 2. The van der Waals surface area contributed by atoms with Gasteiger partial charge in [-0.25, -0.2) is 4.98 Å². The zero-order valence-electron chi connectivity index (χ0n) is 10.9. The standard InChI is InChI=1S/C15H18N2O2/c1-2-18-10-11-19-13-15-16-8-9-17(15)12-14-6-4-3-5-7-14/h2-9H,1,10-13H2. The summed E-state index contributed by atoms with van der Waals surface area (Å²) in [4.78, 5) is 4.31. The molecule has 100 valence electrons. The lowest BCUT2D eigenvalue weighted by Gasteiger charge is -2.08. The molecule has 4 nitrogen and oxygen atoms in total. The Kier molecular flexibility index (Phi) is 5.19. The van der Waals surface area contributed by atoms with E-state index in [1.807, 2.05) is 24.4 Å². The Bertz CT molecular complexity index is 494. The molecule has 0 aliphatic carbocycles. The Labute approximate surface area is 113 Å². The molecule has 0 aliphatic heterocycles. The van der Waals surface area contributed by atoms with Crippen molar-refractivity contribution in [2.24, 2.45) is 0 Å². The average Bonchev–Trinajstić information content (AvgIpc) is 2.87. The average molecular weight is 258 g/mol. The lowest BCUT2D eigenvalue weighted by Crippen LogP contribution is -2.08. The van der Waals surface area contributed by atoms with Crippen molar-refractivity contribution in [3.05, 3.63) is 67.0 Å². The number of ether oxygens (including phenoxy) is 2. The molecule has 19 heavy (non-hydrogen) atoms. The van der Waals surface area contributed by atoms with E-state index in [0.29, 0.717) is 19.8 Å². The Balaban J connectivity index is 1.85. The minimum atomic E-state index is 0.486. The van der Waals surface area contributed by atoms with Crippen LogP contribution in [0.1, 0.15) is 11.4 Å². The molecule has 1 heterocycles. The van der Waals surface area contributed by atoms with E-state index in [4.69, 9.17) is 9.47 Å². The van der Waals surface area contributed by atoms with Gasteiger partial charge in [0.2, 0.25) is 0 Å². The Morgan fingerprint density at radius 2 is 2.05 bits per heavy atom. The highest BCUT2D eigenvalue weighted by Gasteiger charge is 2.03. The maximum absolute atomic E-state index is 5.50. The van der Waals surface area contributed by atoms with Gasteiger partial charge < -0.3 is 14.0 Å². The Morgan fingerprint density at radius 3 is 2.84 bits per heavy atom. The summed E-state index contributed by atoms with van der Waals surface area (Å²) in [6.07, 6.45) is 5.17. The van der Waals surface area contributed by atoms with Crippen LogP contribution < -0.4 is 0 Å². The molecule has 0 radical (unpaired) electrons. The molecule has 1 aromatic heterocycles. The van der Waals surface area contributed by atoms with Crippen molar-refractivity contribution in [3.63, 3.8) is 0 Å². The molecule has 0 bridgehead atoms. The molecule has 0 fully saturated rings. The van der Waals surface area contributed by atoms with Gasteiger partial charge in [-0.15, -0.1) is 0 Å². The molecule has 0 unspecified atom stereocenters. The van der Waals surface area contributed by atoms with Gasteiger partial charge in [-0.3, -0.25) is 0 Å². The quantitative estimate of drug-likeness (QED) is 0.539. The van der Waals surface area contributed by atoms with Crippen LogP contribution in [0, 0.1) is 0 Å². The van der Waals surface area contributed by atoms with Gasteiger partial charge in [0, 0.05) is 18.9 Å². The second-order valence-electron chi connectivity index (χ2n) is 4.05. The van der Waals surface area contributed by atoms with Crippen LogP contribution in [0.5, 0.6) is 0 Å². The van der Waals surface area contributed by atoms with E-state index in [1.54, 1.807) is 6.20 Å². The molecule has 2 aromatic rings. The minimum Gasteiger partial charge on any atom is -0.499 e. The van der Waals surface area contributed by atoms with E-state index in [2.05, 4.69) is 28.3 Å². The van der Waals surface area contributed by atoms with Crippen molar-refractivity contribution >= 4 is 0 Å². The molecule has 0 saturated heterocycles. The molecule has 0 N–H and O–H groups in total. The maximum Gasteiger partial charge on any atom is 0.135 e. The lowest BCUT2D eigenvalue weighted by molar-refractivity contribution is 0.0701. The van der Waals surface area contributed by atoms with Crippen molar-refractivity contribution < 1.29 is 9.47 Å². The topological polar surface area (TPSA) is 36.3 Å². The smallest absolute Gasteiger partial charge is 0.135 e. The fraction of sp³-hybridized carbons (Fsp3) is 0.267. The third-order valence-electron chi connectivity index (χ3n) is 2.69. The van der Waals surface area contributed by atoms with Gasteiger partial charge >= 0.3 is 0 Å². The van der Waals surface area contributed by atoms with E-state index in [0.717, 1.165) is 12.4 Å². The third kappa shape index (κ3) is 4.26. The van der Waals surface area contributed by atoms with Crippen LogP contribution in [0.2, 0.25) is 0 Å². The van der Waals surface area contributed by atoms with E-state index in [-0.39, 0.29) is 0 Å². The number of hydrogen-bond acceptors (Lipinski definition) is 3. The highest BCUT2D eigenvalue weighted by Crippen LogP contribution is 2.06. The monoisotopic (exact) mass is 258 g/mol. The zero-order valence-corrected chi connectivity index (χ0v) is 10.9. The molecule has 4 heteroatoms. The van der Waals surface area contributed by atoms with Crippen molar-refractivity contribution in [2.45, 2.75) is 13.2 Å². The minimum absolute atomic E-state index is 0.486. The van der Waals surface area contributed by atoms with Gasteiger partial charge in [0.1, 0.15) is 19.0 Å². The van der Waals surface area contributed by atoms with Gasteiger partial charge in [0.05, 0.1) is 12.9 Å². The van der Waals surface area contributed by atoms with Crippen molar-refractivity contribution in [1.29, 1.82) is 0 Å². The number of hydrogen-bond donors (Lipinski definition) is 0. The predicted molar refractivity (Wildman–Crippen MR) is 73.6 cm³/mol. The fourth-order valence-electron chi connectivity index (χ4n) is 1.76. The van der Waals surface area contributed by atoms with Crippen LogP contribution in [0.4, 0.5) is 0 Å². The normalized spacial score (nSPS) is 10.3. The van der Waals surface area contributed by atoms with Gasteiger partial charge in [0.25, 0.3) is 0 Å². The van der Waals surface area contributed by atoms with Crippen molar-refractivity contribution in [1.82, 2.24) is 9.55 Å². The van der Waals surface area contributed by atoms with Crippen LogP contribution in [-0.2, 0) is 22.6 Å². The summed E-state index contributed by atoms with van der Waals surface area (Å²) in [5.74, 6) is 0.919. The Hall–Kier alpha value is -2.07. The predicted octanol–water partition coefficient (Wildman–Crippen LogP) is 2.61. The van der Waals surface area contributed by atoms with Crippen LogP contribution >= 0.6 is 0 Å². The number of benzene rings is 1. The summed E-state index contributed by atoms with van der Waals surface area (Å²) in [6, 6.07) is 10.3. The Morgan fingerprint density at radius 1 is 1.21 bits per heavy atom. The van der Waals surface area contributed by atoms with Crippen LogP contribution in [0.15, 0.2) is 55.6 Å². The lowest BCUT2D eigenvalue weighted by atomic mass is 10.2. The van der Waals surface area contributed by atoms with E-state index in [9.17, 15) is 0 Å².